The summed E-state index contributed by atoms with van der Waals surface area (Å²) in [6.45, 7) is 1.95. The Morgan fingerprint density at radius 1 is 1.13 bits per heavy atom. The summed E-state index contributed by atoms with van der Waals surface area (Å²) in [6, 6.07) is 10.5. The highest BCUT2D eigenvalue weighted by molar-refractivity contribution is 7.90. The van der Waals surface area contributed by atoms with Crippen LogP contribution >= 0.6 is 11.3 Å². The predicted octanol–water partition coefficient (Wildman–Crippen LogP) is 5.66. The van der Waals surface area contributed by atoms with Crippen LogP contribution < -0.4 is 0 Å². The van der Waals surface area contributed by atoms with Crippen molar-refractivity contribution in [2.24, 2.45) is 0 Å². The number of rotatable bonds is 4. The Bertz CT molecular complexity index is 1370. The first-order valence-electron chi connectivity index (χ1n) is 9.98. The van der Waals surface area contributed by atoms with Crippen molar-refractivity contribution in [1.82, 2.24) is 13.9 Å². The molecule has 5 rings (SSSR count). The van der Waals surface area contributed by atoms with E-state index in [4.69, 9.17) is 0 Å². The molecule has 0 N–H and O–H groups in total. The smallest absolute Gasteiger partial charge is 0.241 e. The van der Waals surface area contributed by atoms with E-state index in [0.29, 0.717) is 5.65 Å². The van der Waals surface area contributed by atoms with Gasteiger partial charge in [0.15, 0.2) is 5.65 Å². The van der Waals surface area contributed by atoms with E-state index in [1.807, 2.05) is 12.3 Å². The van der Waals surface area contributed by atoms with Crippen molar-refractivity contribution < 1.29 is 8.42 Å². The molecule has 0 fully saturated rings. The molecule has 4 aromatic rings. The van der Waals surface area contributed by atoms with Gasteiger partial charge in [-0.1, -0.05) is 24.3 Å². The lowest BCUT2D eigenvalue weighted by Crippen LogP contribution is -2.12. The molecule has 0 spiro atoms. The minimum absolute atomic E-state index is 0.240. The highest BCUT2D eigenvalue weighted by Gasteiger charge is 2.24. The van der Waals surface area contributed by atoms with Crippen molar-refractivity contribution in [3.05, 3.63) is 70.8 Å². The number of nitrogens with zero attached hydrogens (tertiary/aromatic N) is 3. The number of aryl methyl sites for hydroxylation is 1. The summed E-state index contributed by atoms with van der Waals surface area (Å²) in [6.07, 6.45) is 10.2. The molecule has 30 heavy (non-hydrogen) atoms. The first-order valence-corrected chi connectivity index (χ1v) is 12.3. The van der Waals surface area contributed by atoms with Crippen molar-refractivity contribution in [1.29, 1.82) is 0 Å². The fourth-order valence-electron chi connectivity index (χ4n) is 3.94. The molecule has 3 heterocycles. The number of hydrogen-bond donors (Lipinski definition) is 0. The van der Waals surface area contributed by atoms with Gasteiger partial charge in [0, 0.05) is 28.7 Å². The van der Waals surface area contributed by atoms with Crippen LogP contribution in [-0.2, 0) is 10.0 Å². The molecule has 1 aromatic carbocycles. The fourth-order valence-corrected chi connectivity index (χ4v) is 5.89. The summed E-state index contributed by atoms with van der Waals surface area (Å²) in [5.41, 5.74) is 4.35. The molecule has 0 atom stereocenters. The molecule has 152 valence electrons. The summed E-state index contributed by atoms with van der Waals surface area (Å²) in [7, 11) is -3.77. The summed E-state index contributed by atoms with van der Waals surface area (Å²) in [5.74, 6) is 0. The average molecular weight is 436 g/mol. The molecule has 0 bridgehead atoms. The van der Waals surface area contributed by atoms with Crippen LogP contribution in [0.4, 0.5) is 0 Å². The van der Waals surface area contributed by atoms with Crippen LogP contribution in [0.5, 0.6) is 0 Å². The number of aromatic nitrogens is 3. The zero-order valence-corrected chi connectivity index (χ0v) is 18.2. The highest BCUT2D eigenvalue weighted by Crippen LogP contribution is 2.35. The summed E-state index contributed by atoms with van der Waals surface area (Å²) in [4.78, 5) is 9.47. The van der Waals surface area contributed by atoms with E-state index in [0.717, 1.165) is 40.1 Å². The van der Waals surface area contributed by atoms with Crippen molar-refractivity contribution >= 4 is 38.0 Å². The summed E-state index contributed by atoms with van der Waals surface area (Å²) < 4.78 is 28.0. The topological polar surface area (TPSA) is 64.8 Å². The maximum Gasteiger partial charge on any atom is 0.269 e. The van der Waals surface area contributed by atoms with Gasteiger partial charge in [0.05, 0.1) is 15.6 Å². The largest absolute Gasteiger partial charge is 0.269 e. The lowest BCUT2D eigenvalue weighted by molar-refractivity contribution is 0.589. The van der Waals surface area contributed by atoms with Gasteiger partial charge in [0.25, 0.3) is 10.0 Å². The Morgan fingerprint density at radius 3 is 2.67 bits per heavy atom. The zero-order chi connectivity index (χ0) is 20.7. The normalized spacial score (nSPS) is 14.8. The van der Waals surface area contributed by atoms with Crippen LogP contribution in [-0.4, -0.2) is 22.4 Å². The van der Waals surface area contributed by atoms with Crippen molar-refractivity contribution in [3.8, 4) is 11.3 Å². The zero-order valence-electron chi connectivity index (χ0n) is 16.6. The van der Waals surface area contributed by atoms with Crippen LogP contribution in [0.15, 0.2) is 65.1 Å². The number of benzene rings is 1. The van der Waals surface area contributed by atoms with Gasteiger partial charge in [-0.15, -0.1) is 11.3 Å². The Morgan fingerprint density at radius 2 is 1.97 bits per heavy atom. The number of hydrogen-bond acceptors (Lipinski definition) is 5. The average Bonchev–Trinajstić information content (AvgIpc) is 3.38. The second-order valence-electron chi connectivity index (χ2n) is 7.48. The van der Waals surface area contributed by atoms with Gasteiger partial charge in [-0.25, -0.2) is 22.4 Å². The molecule has 1 aliphatic carbocycles. The van der Waals surface area contributed by atoms with Crippen molar-refractivity contribution in [2.45, 2.75) is 37.5 Å². The molecule has 0 aliphatic heterocycles. The quantitative estimate of drug-likeness (QED) is 0.415. The molecule has 0 saturated carbocycles. The monoisotopic (exact) mass is 435 g/mol. The van der Waals surface area contributed by atoms with Crippen LogP contribution in [0.2, 0.25) is 0 Å². The highest BCUT2D eigenvalue weighted by atomic mass is 32.2. The molecule has 5 nitrogen and oxygen atoms in total. The summed E-state index contributed by atoms with van der Waals surface area (Å²) >= 11 is 1.55. The van der Waals surface area contributed by atoms with Gasteiger partial charge >= 0.3 is 0 Å². The number of allylic oxidation sites excluding steroid dienone is 2. The predicted molar refractivity (Wildman–Crippen MR) is 121 cm³/mol. The molecule has 7 heteroatoms. The first kappa shape index (κ1) is 19.2. The minimum Gasteiger partial charge on any atom is -0.241 e. The number of fused-ring (bicyclic) bond motifs is 1. The Labute approximate surface area is 179 Å². The standard InChI is InChI=1S/C23H21N3O2S2/c1-16-25-22(15-29-16)21-14-26(30(27,28)19-10-6-3-7-11-19)23-20(21)12-18(13-24-23)17-8-4-2-5-9-17/h3,6-8,10-15H,2,4-5,9H2,1H3. The minimum atomic E-state index is -3.77. The molecular weight excluding hydrogens is 414 g/mol. The Kier molecular flexibility index (Phi) is 4.79. The maximum atomic E-state index is 13.4. The molecule has 0 radical (unpaired) electrons. The van der Waals surface area contributed by atoms with E-state index in [1.54, 1.807) is 54.1 Å². The molecule has 1 aliphatic rings. The number of pyridine rings is 1. The molecule has 0 unspecified atom stereocenters. The van der Waals surface area contributed by atoms with Crippen LogP contribution in [0.25, 0.3) is 27.9 Å². The SMILES string of the molecule is Cc1nc(-c2cn(S(=O)(=O)c3ccccc3)c3ncc(C4=CCCCC4)cc23)cs1. The third-order valence-electron chi connectivity index (χ3n) is 5.47. The van der Waals surface area contributed by atoms with Crippen LogP contribution in [0.3, 0.4) is 0 Å². The number of thiazole rings is 1. The fraction of sp³-hybridized carbons (Fsp3) is 0.217. The van der Waals surface area contributed by atoms with Crippen molar-refractivity contribution in [3.63, 3.8) is 0 Å². The van der Waals surface area contributed by atoms with E-state index in [9.17, 15) is 8.42 Å². The summed E-state index contributed by atoms with van der Waals surface area (Å²) in [5, 5.41) is 3.72. The van der Waals surface area contributed by atoms with Gasteiger partial charge in [0.1, 0.15) is 0 Å². The lowest BCUT2D eigenvalue weighted by atomic mass is 9.94. The molecule has 0 saturated heterocycles. The van der Waals surface area contributed by atoms with E-state index >= 15 is 0 Å². The van der Waals surface area contributed by atoms with Gasteiger partial charge in [-0.3, -0.25) is 0 Å². The van der Waals surface area contributed by atoms with Crippen molar-refractivity contribution in [2.75, 3.05) is 0 Å². The third-order valence-corrected chi connectivity index (χ3v) is 7.91. The third kappa shape index (κ3) is 3.28. The molecule has 3 aromatic heterocycles. The maximum absolute atomic E-state index is 13.4. The van der Waals surface area contributed by atoms with Crippen LogP contribution in [0.1, 0.15) is 36.3 Å². The van der Waals surface area contributed by atoms with Gasteiger partial charge < -0.3 is 0 Å². The van der Waals surface area contributed by atoms with Crippen LogP contribution in [0, 0.1) is 6.92 Å². The van der Waals surface area contributed by atoms with E-state index in [1.165, 1.54) is 22.4 Å². The lowest BCUT2D eigenvalue weighted by Gasteiger charge is -2.13. The van der Waals surface area contributed by atoms with Gasteiger partial charge in [-0.2, -0.15) is 0 Å². The second-order valence-corrected chi connectivity index (χ2v) is 10.4. The Balaban J connectivity index is 1.75. The van der Waals surface area contributed by atoms with Gasteiger partial charge in [0.2, 0.25) is 0 Å². The first-order chi connectivity index (χ1) is 14.5. The van der Waals surface area contributed by atoms with E-state index in [-0.39, 0.29) is 4.90 Å². The van der Waals surface area contributed by atoms with E-state index in [2.05, 4.69) is 22.1 Å². The Hall–Kier alpha value is -2.77. The van der Waals surface area contributed by atoms with E-state index < -0.39 is 10.0 Å². The molecule has 0 amide bonds. The second kappa shape index (κ2) is 7.49. The van der Waals surface area contributed by atoms with Gasteiger partial charge in [-0.05, 0) is 61.9 Å². The molecular formula is C23H21N3O2S2.